The van der Waals surface area contributed by atoms with Gasteiger partial charge in [0.2, 0.25) is 0 Å². The number of esters is 1. The summed E-state index contributed by atoms with van der Waals surface area (Å²) in [4.78, 5) is 40.9. The molecule has 5 aromatic rings. The van der Waals surface area contributed by atoms with E-state index in [1.165, 1.54) is 11.3 Å². The Morgan fingerprint density at radius 2 is 1.91 bits per heavy atom. The number of carbonyl (C=O) groups is 2. The lowest BCUT2D eigenvalue weighted by Crippen LogP contribution is -2.20. The highest BCUT2D eigenvalue weighted by molar-refractivity contribution is 7.14. The summed E-state index contributed by atoms with van der Waals surface area (Å²) in [7, 11) is 0. The van der Waals surface area contributed by atoms with E-state index in [9.17, 15) is 9.59 Å². The van der Waals surface area contributed by atoms with E-state index >= 15 is 0 Å². The van der Waals surface area contributed by atoms with Crippen molar-refractivity contribution in [1.29, 1.82) is 0 Å². The molecule has 2 N–H and O–H groups in total. The predicted molar refractivity (Wildman–Crippen MR) is 136 cm³/mol. The molecule has 0 unspecified atom stereocenters. The van der Waals surface area contributed by atoms with Crippen molar-refractivity contribution in [2.45, 2.75) is 0 Å². The second-order valence-electron chi connectivity index (χ2n) is 7.35. The Balaban J connectivity index is 1.20. The lowest BCUT2D eigenvalue weighted by atomic mass is 10.2. The summed E-state index contributed by atoms with van der Waals surface area (Å²) < 4.78 is 5.17. The van der Waals surface area contributed by atoms with Gasteiger partial charge < -0.3 is 9.72 Å². The number of hydrogen-bond donors (Lipinski definition) is 2. The highest BCUT2D eigenvalue weighted by Gasteiger charge is 2.14. The molecular weight excluding hydrogens is 509 g/mol. The van der Waals surface area contributed by atoms with Gasteiger partial charge in [0.05, 0.1) is 32.3 Å². The molecule has 1 amide bonds. The van der Waals surface area contributed by atoms with Crippen LogP contribution in [0, 0.1) is 0 Å². The molecule has 0 aliphatic carbocycles. The maximum Gasteiger partial charge on any atom is 0.338 e. The average molecular weight is 524 g/mol. The fraction of sp³-hybridized carbons (Fsp3) is 0.0417. The fourth-order valence-corrected chi connectivity index (χ4v) is 4.30. The summed E-state index contributed by atoms with van der Waals surface area (Å²) in [5.74, 6) is -0.494. The molecule has 0 radical (unpaired) electrons. The number of fused-ring (bicyclic) bond motifs is 1. The topological polar surface area (TPSA) is 110 Å². The maximum atomic E-state index is 12.5. The van der Waals surface area contributed by atoms with E-state index in [0.29, 0.717) is 43.3 Å². The number of carbonyl (C=O) groups excluding carboxylic acids is 2. The monoisotopic (exact) mass is 523 g/mol. The van der Waals surface area contributed by atoms with Gasteiger partial charge in [-0.2, -0.15) is 0 Å². The molecule has 35 heavy (non-hydrogen) atoms. The van der Waals surface area contributed by atoms with Crippen LogP contribution in [0.1, 0.15) is 10.4 Å². The molecule has 0 atom stereocenters. The van der Waals surface area contributed by atoms with Gasteiger partial charge in [-0.05, 0) is 42.5 Å². The quantitative estimate of drug-likeness (QED) is 0.270. The summed E-state index contributed by atoms with van der Waals surface area (Å²) >= 11 is 13.2. The molecule has 5 rings (SSSR count). The van der Waals surface area contributed by atoms with Crippen molar-refractivity contribution in [3.05, 3.63) is 81.9 Å². The molecule has 0 aliphatic rings. The van der Waals surface area contributed by atoms with Crippen LogP contribution in [0.15, 0.2) is 66.3 Å². The van der Waals surface area contributed by atoms with Gasteiger partial charge in [0.1, 0.15) is 5.82 Å². The minimum Gasteiger partial charge on any atom is -0.452 e. The van der Waals surface area contributed by atoms with E-state index in [1.54, 1.807) is 54.2 Å². The number of pyridine rings is 1. The number of aromatic nitrogens is 4. The second-order valence-corrected chi connectivity index (χ2v) is 9.02. The first-order chi connectivity index (χ1) is 17.0. The van der Waals surface area contributed by atoms with Crippen molar-refractivity contribution < 1.29 is 14.3 Å². The predicted octanol–water partition coefficient (Wildman–Crippen LogP) is 5.85. The lowest BCUT2D eigenvalue weighted by Gasteiger charge is -2.05. The van der Waals surface area contributed by atoms with Crippen LogP contribution in [0.5, 0.6) is 0 Å². The number of nitrogens with zero attached hydrogens (tertiary/aromatic N) is 3. The van der Waals surface area contributed by atoms with Crippen molar-refractivity contribution in [2.24, 2.45) is 0 Å². The summed E-state index contributed by atoms with van der Waals surface area (Å²) in [6, 6.07) is 13.8. The zero-order valence-corrected chi connectivity index (χ0v) is 20.1. The van der Waals surface area contributed by atoms with Crippen molar-refractivity contribution in [3.8, 4) is 22.6 Å². The molecular formula is C24H15Cl2N5O3S. The van der Waals surface area contributed by atoms with Gasteiger partial charge in [-0.3, -0.25) is 15.1 Å². The fourth-order valence-electron chi connectivity index (χ4n) is 3.27. The average Bonchev–Trinajstić information content (AvgIpc) is 3.51. The number of rotatable bonds is 6. The Hall–Kier alpha value is -3.79. The van der Waals surface area contributed by atoms with Crippen LogP contribution >= 0.6 is 34.5 Å². The molecule has 11 heteroatoms. The van der Waals surface area contributed by atoms with E-state index < -0.39 is 18.5 Å². The lowest BCUT2D eigenvalue weighted by molar-refractivity contribution is -0.119. The van der Waals surface area contributed by atoms with Crippen LogP contribution in [0.4, 0.5) is 5.13 Å². The third-order valence-electron chi connectivity index (χ3n) is 4.95. The van der Waals surface area contributed by atoms with Crippen molar-refractivity contribution >= 4 is 62.6 Å². The second kappa shape index (κ2) is 9.83. The van der Waals surface area contributed by atoms with Crippen LogP contribution in [-0.2, 0) is 9.53 Å². The summed E-state index contributed by atoms with van der Waals surface area (Å²) in [6.45, 7) is -0.456. The normalized spacial score (nSPS) is 10.9. The molecule has 174 valence electrons. The molecule has 3 aromatic heterocycles. The first-order valence-electron chi connectivity index (χ1n) is 10.2. The van der Waals surface area contributed by atoms with Gasteiger partial charge in [-0.1, -0.05) is 29.3 Å². The van der Waals surface area contributed by atoms with E-state index in [-0.39, 0.29) is 0 Å². The van der Waals surface area contributed by atoms with Gasteiger partial charge in [-0.25, -0.2) is 14.8 Å². The van der Waals surface area contributed by atoms with Crippen LogP contribution in [0.25, 0.3) is 33.7 Å². The number of H-pyrrole nitrogens is 1. The van der Waals surface area contributed by atoms with Crippen LogP contribution in [0.3, 0.4) is 0 Å². The smallest absolute Gasteiger partial charge is 0.338 e. The molecule has 8 nitrogen and oxygen atoms in total. The molecule has 0 spiro atoms. The number of nitrogens with one attached hydrogen (secondary N) is 2. The number of ether oxygens (including phenoxy) is 1. The van der Waals surface area contributed by atoms with Gasteiger partial charge in [0.15, 0.2) is 11.7 Å². The summed E-state index contributed by atoms with van der Waals surface area (Å²) in [6.07, 6.45) is 3.38. The molecule has 0 bridgehead atoms. The van der Waals surface area contributed by atoms with Crippen molar-refractivity contribution in [1.82, 2.24) is 19.9 Å². The van der Waals surface area contributed by atoms with Crippen LogP contribution in [0.2, 0.25) is 10.0 Å². The first kappa shape index (κ1) is 23.0. The zero-order valence-electron chi connectivity index (χ0n) is 17.8. The maximum absolute atomic E-state index is 12.5. The molecule has 0 fully saturated rings. The van der Waals surface area contributed by atoms with Gasteiger partial charge in [0.25, 0.3) is 5.91 Å². The van der Waals surface area contributed by atoms with Gasteiger partial charge in [0, 0.05) is 28.9 Å². The largest absolute Gasteiger partial charge is 0.452 e. The highest BCUT2D eigenvalue weighted by Crippen LogP contribution is 2.30. The summed E-state index contributed by atoms with van der Waals surface area (Å²) in [5.41, 5.74) is 3.89. The molecule has 2 aromatic carbocycles. The van der Waals surface area contributed by atoms with E-state index in [1.807, 2.05) is 12.1 Å². The number of benzene rings is 2. The van der Waals surface area contributed by atoms with Crippen molar-refractivity contribution in [3.63, 3.8) is 0 Å². The highest BCUT2D eigenvalue weighted by atomic mass is 35.5. The van der Waals surface area contributed by atoms with Gasteiger partial charge >= 0.3 is 5.97 Å². The van der Waals surface area contributed by atoms with Crippen LogP contribution in [-0.4, -0.2) is 38.4 Å². The van der Waals surface area contributed by atoms with E-state index in [0.717, 1.165) is 11.1 Å². The number of thiazole rings is 1. The Labute approximate surface area is 212 Å². The van der Waals surface area contributed by atoms with E-state index in [4.69, 9.17) is 27.9 Å². The number of hydrogen-bond acceptors (Lipinski definition) is 7. The molecule has 0 saturated heterocycles. The standard InChI is InChI=1S/C24H15Cl2N5O3S/c25-16-5-3-13(8-17(16)26)20-12-35-24(30-20)31-21(32)11-34-23(33)14-4-6-18-19(9-14)29-22(28-18)15-2-1-7-27-10-15/h1-10,12H,11H2,(H,28,29)(H,30,31,32). The Morgan fingerprint density at radius 3 is 2.71 bits per heavy atom. The number of imidazole rings is 1. The van der Waals surface area contributed by atoms with Gasteiger partial charge in [-0.15, -0.1) is 11.3 Å². The summed E-state index contributed by atoms with van der Waals surface area (Å²) in [5, 5.41) is 5.63. The molecule has 3 heterocycles. The van der Waals surface area contributed by atoms with Crippen molar-refractivity contribution in [2.75, 3.05) is 11.9 Å². The SMILES string of the molecule is O=C(COC(=O)c1ccc2nc(-c3cccnc3)[nH]c2c1)Nc1nc(-c2ccc(Cl)c(Cl)c2)cs1. The number of amides is 1. The molecule has 0 saturated carbocycles. The third kappa shape index (κ3) is 5.17. The Morgan fingerprint density at radius 1 is 1.03 bits per heavy atom. The first-order valence-corrected chi connectivity index (χ1v) is 11.9. The number of halogens is 2. The Kier molecular flexibility index (Phi) is 6.45. The van der Waals surface area contributed by atoms with E-state index in [2.05, 4.69) is 25.3 Å². The zero-order chi connectivity index (χ0) is 24.4. The number of anilines is 1. The Bertz CT molecular complexity index is 1550. The minimum atomic E-state index is -0.629. The minimum absolute atomic E-state index is 0.294. The third-order valence-corrected chi connectivity index (χ3v) is 6.45. The van der Waals surface area contributed by atoms with Crippen LogP contribution < -0.4 is 5.32 Å². The number of aromatic amines is 1. The molecule has 0 aliphatic heterocycles.